The SMILES string of the molecule is Cc1ccc(S(=O)(=O)C(=[N+]=[N-])C(=O)OC2CCCCC2)cc1. The third-order valence-corrected chi connectivity index (χ3v) is 5.33. The summed E-state index contributed by atoms with van der Waals surface area (Å²) in [4.78, 5) is 14.6. The van der Waals surface area contributed by atoms with Gasteiger partial charge in [0.05, 0.1) is 4.90 Å². The molecule has 1 fully saturated rings. The van der Waals surface area contributed by atoms with Gasteiger partial charge in [0.2, 0.25) is 0 Å². The molecule has 0 radical (unpaired) electrons. The second-order valence-electron chi connectivity index (χ2n) is 5.39. The van der Waals surface area contributed by atoms with Crippen molar-refractivity contribution in [3.63, 3.8) is 0 Å². The number of aryl methyl sites for hydroxylation is 1. The molecule has 7 heteroatoms. The van der Waals surface area contributed by atoms with Crippen LogP contribution in [0.4, 0.5) is 0 Å². The molecule has 2 rings (SSSR count). The summed E-state index contributed by atoms with van der Waals surface area (Å²) in [5.41, 5.74) is 9.87. The lowest BCUT2D eigenvalue weighted by molar-refractivity contribution is -0.145. The molecular formula is C15H18N2O4S. The van der Waals surface area contributed by atoms with Gasteiger partial charge in [-0.3, -0.25) is 0 Å². The summed E-state index contributed by atoms with van der Waals surface area (Å²) >= 11 is 0. The third-order valence-electron chi connectivity index (χ3n) is 3.68. The Labute approximate surface area is 129 Å². The van der Waals surface area contributed by atoms with E-state index in [1.165, 1.54) is 12.1 Å². The summed E-state index contributed by atoms with van der Waals surface area (Å²) in [6, 6.07) is 5.94. The Morgan fingerprint density at radius 2 is 1.77 bits per heavy atom. The van der Waals surface area contributed by atoms with Gasteiger partial charge in [0, 0.05) is 0 Å². The van der Waals surface area contributed by atoms with Crippen LogP contribution in [-0.2, 0) is 19.4 Å². The van der Waals surface area contributed by atoms with Crippen molar-refractivity contribution in [1.29, 1.82) is 0 Å². The van der Waals surface area contributed by atoms with Crippen molar-refractivity contribution < 1.29 is 22.7 Å². The minimum Gasteiger partial charge on any atom is -0.453 e. The highest BCUT2D eigenvalue weighted by Crippen LogP contribution is 2.21. The van der Waals surface area contributed by atoms with Gasteiger partial charge in [-0.25, -0.2) is 13.2 Å². The molecule has 118 valence electrons. The Morgan fingerprint density at radius 3 is 2.32 bits per heavy atom. The Kier molecular flexibility index (Phi) is 5.11. The maximum absolute atomic E-state index is 12.4. The topological polar surface area (TPSA) is 96.8 Å². The van der Waals surface area contributed by atoms with E-state index in [1.807, 2.05) is 6.92 Å². The minimum absolute atomic E-state index is 0.105. The highest BCUT2D eigenvalue weighted by atomic mass is 32.2. The van der Waals surface area contributed by atoms with Gasteiger partial charge in [0.15, 0.2) is 0 Å². The first-order chi connectivity index (χ1) is 10.4. The molecule has 0 bridgehead atoms. The lowest BCUT2D eigenvalue weighted by Gasteiger charge is -2.20. The highest BCUT2D eigenvalue weighted by molar-refractivity contribution is 8.08. The van der Waals surface area contributed by atoms with Gasteiger partial charge in [-0.15, -0.1) is 4.79 Å². The van der Waals surface area contributed by atoms with Crippen LogP contribution in [0.5, 0.6) is 0 Å². The number of carbonyl (C=O) groups excluding carboxylic acids is 1. The maximum atomic E-state index is 12.4. The van der Waals surface area contributed by atoms with E-state index in [4.69, 9.17) is 10.3 Å². The van der Waals surface area contributed by atoms with Crippen molar-refractivity contribution in [3.8, 4) is 0 Å². The Balaban J connectivity index is 2.21. The molecule has 1 saturated carbocycles. The zero-order valence-electron chi connectivity index (χ0n) is 12.4. The largest absolute Gasteiger partial charge is 0.493 e. The Hall–Kier alpha value is -1.98. The normalized spacial score (nSPS) is 15.9. The van der Waals surface area contributed by atoms with Crippen LogP contribution < -0.4 is 0 Å². The van der Waals surface area contributed by atoms with E-state index < -0.39 is 20.9 Å². The number of esters is 1. The lowest BCUT2D eigenvalue weighted by atomic mass is 9.98. The van der Waals surface area contributed by atoms with Crippen LogP contribution in [0.1, 0.15) is 37.7 Å². The monoisotopic (exact) mass is 322 g/mol. The molecular weight excluding hydrogens is 304 g/mol. The van der Waals surface area contributed by atoms with Crippen LogP contribution in [0.3, 0.4) is 0 Å². The number of rotatable bonds is 2. The van der Waals surface area contributed by atoms with Crippen LogP contribution in [0.25, 0.3) is 5.53 Å². The standard InChI is InChI=1S/C15H18N2O4S/c1-11-7-9-13(10-8-11)22(19,20)14(17-16)15(18)21-12-5-3-2-4-6-12/h7-10,12H,2-6H2,1H3. The quantitative estimate of drug-likeness (QED) is 0.274. The van der Waals surface area contributed by atoms with E-state index in [0.717, 1.165) is 24.8 Å². The van der Waals surface area contributed by atoms with Gasteiger partial charge < -0.3 is 10.3 Å². The minimum atomic E-state index is -4.19. The van der Waals surface area contributed by atoms with Crippen LogP contribution >= 0.6 is 0 Å². The summed E-state index contributed by atoms with van der Waals surface area (Å²) in [5.74, 6) is -1.10. The zero-order valence-corrected chi connectivity index (χ0v) is 13.2. The average Bonchev–Trinajstić information content (AvgIpc) is 2.49. The van der Waals surface area contributed by atoms with Crippen LogP contribution in [0.15, 0.2) is 29.2 Å². The number of hydrogen-bond acceptors (Lipinski definition) is 4. The molecule has 0 unspecified atom stereocenters. The van der Waals surface area contributed by atoms with Gasteiger partial charge in [-0.05, 0) is 44.7 Å². The van der Waals surface area contributed by atoms with Gasteiger partial charge in [0.25, 0.3) is 9.84 Å². The molecule has 0 amide bonds. The number of benzene rings is 1. The smallest absolute Gasteiger partial charge is 0.453 e. The van der Waals surface area contributed by atoms with Crippen molar-refractivity contribution in [2.45, 2.75) is 50.0 Å². The lowest BCUT2D eigenvalue weighted by Crippen LogP contribution is -2.32. The summed E-state index contributed by atoms with van der Waals surface area (Å²) in [6.45, 7) is 1.81. The number of carbonyl (C=O) groups is 1. The molecule has 0 atom stereocenters. The van der Waals surface area contributed by atoms with Gasteiger partial charge in [-0.2, -0.15) is 0 Å². The first-order valence-corrected chi connectivity index (χ1v) is 8.68. The molecule has 1 aliphatic carbocycles. The van der Waals surface area contributed by atoms with E-state index in [2.05, 4.69) is 4.79 Å². The van der Waals surface area contributed by atoms with Crippen LogP contribution in [0, 0.1) is 6.92 Å². The third kappa shape index (κ3) is 3.61. The Bertz CT molecular complexity index is 698. The molecule has 0 N–H and O–H groups in total. The fraction of sp³-hybridized carbons (Fsp3) is 0.467. The van der Waals surface area contributed by atoms with Crippen LogP contribution in [-0.4, -0.2) is 30.3 Å². The molecule has 1 aromatic rings. The van der Waals surface area contributed by atoms with E-state index in [0.29, 0.717) is 12.8 Å². The number of ether oxygens (including phenoxy) is 1. The van der Waals surface area contributed by atoms with E-state index in [9.17, 15) is 13.2 Å². The molecule has 0 saturated heterocycles. The van der Waals surface area contributed by atoms with Gasteiger partial charge >= 0.3 is 11.0 Å². The molecule has 0 aromatic heterocycles. The first-order valence-electron chi connectivity index (χ1n) is 7.20. The highest BCUT2D eigenvalue weighted by Gasteiger charge is 2.40. The number of nitrogens with zero attached hydrogens (tertiary/aromatic N) is 2. The summed E-state index contributed by atoms with van der Waals surface area (Å²) < 4.78 is 29.9. The molecule has 1 aliphatic rings. The fourth-order valence-corrected chi connectivity index (χ4v) is 3.51. The van der Waals surface area contributed by atoms with Crippen LogP contribution in [0.2, 0.25) is 0 Å². The average molecular weight is 322 g/mol. The van der Waals surface area contributed by atoms with Gasteiger partial charge in [-0.1, -0.05) is 24.1 Å². The first kappa shape index (κ1) is 16.4. The van der Waals surface area contributed by atoms with Gasteiger partial charge in [0.1, 0.15) is 6.10 Å². The van der Waals surface area contributed by atoms with Crippen molar-refractivity contribution in [2.24, 2.45) is 0 Å². The zero-order chi connectivity index (χ0) is 16.2. The second kappa shape index (κ2) is 6.85. The second-order valence-corrected chi connectivity index (χ2v) is 7.25. The summed E-state index contributed by atoms with van der Waals surface area (Å²) in [6.07, 6.45) is 4.05. The maximum Gasteiger partial charge on any atom is 0.493 e. The molecule has 1 aromatic carbocycles. The summed E-state index contributed by atoms with van der Waals surface area (Å²) in [5, 5.41) is -0.970. The van der Waals surface area contributed by atoms with Crippen molar-refractivity contribution >= 4 is 20.9 Å². The molecule has 0 spiro atoms. The van der Waals surface area contributed by atoms with E-state index in [-0.39, 0.29) is 11.0 Å². The number of hydrogen-bond donors (Lipinski definition) is 0. The number of sulfone groups is 1. The summed E-state index contributed by atoms with van der Waals surface area (Å²) in [7, 11) is -4.19. The molecule has 22 heavy (non-hydrogen) atoms. The van der Waals surface area contributed by atoms with Crippen molar-refractivity contribution in [1.82, 2.24) is 0 Å². The van der Waals surface area contributed by atoms with Crippen molar-refractivity contribution in [3.05, 3.63) is 35.4 Å². The molecule has 6 nitrogen and oxygen atoms in total. The fourth-order valence-electron chi connectivity index (χ4n) is 2.42. The Morgan fingerprint density at radius 1 is 1.18 bits per heavy atom. The molecule has 0 heterocycles. The predicted octanol–water partition coefficient (Wildman–Crippen LogP) is 2.27. The predicted molar refractivity (Wildman–Crippen MR) is 80.0 cm³/mol. The van der Waals surface area contributed by atoms with E-state index in [1.54, 1.807) is 12.1 Å². The van der Waals surface area contributed by atoms with Crippen molar-refractivity contribution in [2.75, 3.05) is 0 Å². The molecule has 0 aliphatic heterocycles. The van der Waals surface area contributed by atoms with E-state index >= 15 is 0 Å².